The predicted octanol–water partition coefficient (Wildman–Crippen LogP) is 5.09. The maximum absolute atomic E-state index is 11.7. The van der Waals surface area contributed by atoms with Gasteiger partial charge in [-0.3, -0.25) is 9.78 Å². The molecular weight excluding hydrogens is 270 g/mol. The summed E-state index contributed by atoms with van der Waals surface area (Å²) in [7, 11) is 0. The molecule has 3 aromatic carbocycles. The summed E-state index contributed by atoms with van der Waals surface area (Å²) in [6.07, 6.45) is 2.40. The fourth-order valence-corrected chi connectivity index (χ4v) is 2.98. The van der Waals surface area contributed by atoms with Crippen molar-refractivity contribution in [3.63, 3.8) is 0 Å². The van der Waals surface area contributed by atoms with Crippen LogP contribution in [0, 0.1) is 0 Å². The van der Waals surface area contributed by atoms with E-state index in [2.05, 4.69) is 29.2 Å². The minimum Gasteiger partial charge on any atom is -0.294 e. The highest BCUT2D eigenvalue weighted by atomic mass is 16.1. The van der Waals surface area contributed by atoms with Crippen LogP contribution in [0.2, 0.25) is 0 Å². The van der Waals surface area contributed by atoms with Gasteiger partial charge in [-0.1, -0.05) is 43.3 Å². The quantitative estimate of drug-likeness (QED) is 0.491. The molecule has 22 heavy (non-hydrogen) atoms. The van der Waals surface area contributed by atoms with Gasteiger partial charge in [-0.25, -0.2) is 0 Å². The molecule has 1 aromatic heterocycles. The van der Waals surface area contributed by atoms with E-state index in [1.807, 2.05) is 43.5 Å². The maximum Gasteiger partial charge on any atom is 0.162 e. The molecule has 4 aromatic rings. The fourth-order valence-electron chi connectivity index (χ4n) is 2.98. The molecule has 0 unspecified atom stereocenters. The number of carbonyl (C=O) groups excluding carboxylic acids is 1. The van der Waals surface area contributed by atoms with Crippen molar-refractivity contribution in [3.8, 4) is 11.1 Å². The summed E-state index contributed by atoms with van der Waals surface area (Å²) in [5.41, 5.74) is 4.05. The number of hydrogen-bond acceptors (Lipinski definition) is 2. The Balaban J connectivity index is 1.88. The molecule has 2 nitrogen and oxygen atoms in total. The molecule has 0 atom stereocenters. The summed E-state index contributed by atoms with van der Waals surface area (Å²) in [5.74, 6) is 0.178. The van der Waals surface area contributed by atoms with Gasteiger partial charge in [-0.05, 0) is 40.1 Å². The minimum absolute atomic E-state index is 0.178. The first-order chi connectivity index (χ1) is 10.8. The Bertz CT molecular complexity index is 970. The molecule has 2 heteroatoms. The first-order valence-electron chi connectivity index (χ1n) is 7.51. The smallest absolute Gasteiger partial charge is 0.162 e. The van der Waals surface area contributed by atoms with Crippen molar-refractivity contribution in [1.82, 2.24) is 4.98 Å². The van der Waals surface area contributed by atoms with Gasteiger partial charge in [0.1, 0.15) is 0 Å². The largest absolute Gasteiger partial charge is 0.294 e. The van der Waals surface area contributed by atoms with Crippen molar-refractivity contribution in [2.24, 2.45) is 0 Å². The van der Waals surface area contributed by atoms with E-state index < -0.39 is 0 Å². The highest BCUT2D eigenvalue weighted by molar-refractivity contribution is 6.05. The van der Waals surface area contributed by atoms with Crippen LogP contribution in [0.4, 0.5) is 0 Å². The lowest BCUT2D eigenvalue weighted by atomic mass is 9.95. The molecule has 1 heterocycles. The van der Waals surface area contributed by atoms with Crippen LogP contribution < -0.4 is 0 Å². The Morgan fingerprint density at radius 3 is 2.50 bits per heavy atom. The van der Waals surface area contributed by atoms with Crippen LogP contribution in [0.15, 0.2) is 60.8 Å². The van der Waals surface area contributed by atoms with Crippen LogP contribution in [-0.2, 0) is 0 Å². The van der Waals surface area contributed by atoms with Crippen LogP contribution in [0.5, 0.6) is 0 Å². The predicted molar refractivity (Wildman–Crippen MR) is 90.5 cm³/mol. The summed E-state index contributed by atoms with van der Waals surface area (Å²) in [5, 5.41) is 3.60. The molecular formula is C20H15NO. The molecule has 0 spiro atoms. The summed E-state index contributed by atoms with van der Waals surface area (Å²) >= 11 is 0. The lowest BCUT2D eigenvalue weighted by Crippen LogP contribution is -1.95. The van der Waals surface area contributed by atoms with Gasteiger partial charge in [-0.2, -0.15) is 0 Å². The normalized spacial score (nSPS) is 11.3. The summed E-state index contributed by atoms with van der Waals surface area (Å²) in [6, 6.07) is 18.5. The van der Waals surface area contributed by atoms with E-state index in [0.717, 1.165) is 27.6 Å². The number of nitrogens with zero attached hydrogens (tertiary/aromatic N) is 1. The lowest BCUT2D eigenvalue weighted by molar-refractivity contribution is 0.0988. The van der Waals surface area contributed by atoms with E-state index in [9.17, 15) is 4.79 Å². The van der Waals surface area contributed by atoms with Crippen molar-refractivity contribution < 1.29 is 4.79 Å². The van der Waals surface area contributed by atoms with Crippen molar-refractivity contribution in [3.05, 3.63) is 66.4 Å². The van der Waals surface area contributed by atoms with Crippen LogP contribution in [-0.4, -0.2) is 10.8 Å². The zero-order chi connectivity index (χ0) is 15.1. The van der Waals surface area contributed by atoms with E-state index >= 15 is 0 Å². The average Bonchev–Trinajstić information content (AvgIpc) is 2.60. The van der Waals surface area contributed by atoms with Gasteiger partial charge in [0.2, 0.25) is 0 Å². The molecule has 0 aliphatic carbocycles. The van der Waals surface area contributed by atoms with Crippen LogP contribution in [0.25, 0.3) is 32.8 Å². The number of Topliss-reactive ketones (excluding diaryl/α,β-unsaturated/α-hetero) is 1. The van der Waals surface area contributed by atoms with E-state index in [1.165, 1.54) is 10.8 Å². The fraction of sp³-hybridized carbons (Fsp3) is 0.100. The highest BCUT2D eigenvalue weighted by Crippen LogP contribution is 2.32. The Morgan fingerprint density at radius 2 is 1.73 bits per heavy atom. The molecule has 0 radical (unpaired) electrons. The Labute approximate surface area is 128 Å². The molecule has 0 amide bonds. The number of rotatable bonds is 3. The third kappa shape index (κ3) is 1.96. The Morgan fingerprint density at radius 1 is 0.955 bits per heavy atom. The summed E-state index contributed by atoms with van der Waals surface area (Å²) < 4.78 is 0. The third-order valence-corrected chi connectivity index (χ3v) is 4.23. The number of ketones is 1. The number of carbonyl (C=O) groups is 1. The summed E-state index contributed by atoms with van der Waals surface area (Å²) in [6.45, 7) is 1.89. The molecule has 106 valence electrons. The van der Waals surface area contributed by atoms with Gasteiger partial charge in [0, 0.05) is 23.6 Å². The van der Waals surface area contributed by atoms with Gasteiger partial charge >= 0.3 is 0 Å². The van der Waals surface area contributed by atoms with Crippen molar-refractivity contribution in [1.29, 1.82) is 0 Å². The SMILES string of the molecule is CCC(=O)c1ccc(-c2ccc3cc2c2cc3ccn2)cc1. The van der Waals surface area contributed by atoms with Gasteiger partial charge in [0.15, 0.2) is 5.78 Å². The first kappa shape index (κ1) is 13.0. The van der Waals surface area contributed by atoms with Gasteiger partial charge < -0.3 is 0 Å². The maximum atomic E-state index is 11.7. The number of aromatic nitrogens is 1. The van der Waals surface area contributed by atoms with Crippen LogP contribution in [0.1, 0.15) is 23.7 Å². The third-order valence-electron chi connectivity index (χ3n) is 4.23. The monoisotopic (exact) mass is 285 g/mol. The van der Waals surface area contributed by atoms with Gasteiger partial charge in [0.25, 0.3) is 0 Å². The van der Waals surface area contributed by atoms with E-state index in [1.54, 1.807) is 0 Å². The average molecular weight is 285 g/mol. The second-order valence-electron chi connectivity index (χ2n) is 5.54. The van der Waals surface area contributed by atoms with Gasteiger partial charge in [-0.15, -0.1) is 0 Å². The number of benzene rings is 3. The van der Waals surface area contributed by atoms with E-state index in [4.69, 9.17) is 0 Å². The topological polar surface area (TPSA) is 30.0 Å². The number of hydrogen-bond donors (Lipinski definition) is 0. The molecule has 4 rings (SSSR count). The molecule has 0 fully saturated rings. The van der Waals surface area contributed by atoms with E-state index in [-0.39, 0.29) is 5.78 Å². The second-order valence-corrected chi connectivity index (χ2v) is 5.54. The second kappa shape index (κ2) is 4.92. The number of fused-ring (bicyclic) bond motifs is 6. The lowest BCUT2D eigenvalue weighted by Gasteiger charge is -2.10. The minimum atomic E-state index is 0.178. The summed E-state index contributed by atoms with van der Waals surface area (Å²) in [4.78, 5) is 16.2. The molecule has 0 saturated heterocycles. The zero-order valence-corrected chi connectivity index (χ0v) is 12.3. The molecule has 0 N–H and O–H groups in total. The van der Waals surface area contributed by atoms with Crippen LogP contribution >= 0.6 is 0 Å². The highest BCUT2D eigenvalue weighted by Gasteiger charge is 2.09. The Hall–Kier alpha value is -2.74. The van der Waals surface area contributed by atoms with Crippen molar-refractivity contribution >= 4 is 27.5 Å². The van der Waals surface area contributed by atoms with Crippen molar-refractivity contribution in [2.45, 2.75) is 13.3 Å². The molecule has 0 saturated carbocycles. The number of pyridine rings is 1. The standard InChI is InChI=1S/C20H15NO/c1-2-20(22)14-5-3-13(4-6-14)17-8-7-15-11-18(17)19-12-16(15)9-10-21-19/h3-12H,2H2,1H3. The zero-order valence-electron chi connectivity index (χ0n) is 12.3. The van der Waals surface area contributed by atoms with Gasteiger partial charge in [0.05, 0.1) is 5.52 Å². The Kier molecular flexibility index (Phi) is 2.90. The molecule has 0 aliphatic rings. The van der Waals surface area contributed by atoms with E-state index in [0.29, 0.717) is 6.42 Å². The van der Waals surface area contributed by atoms with Crippen LogP contribution in [0.3, 0.4) is 0 Å². The molecule has 4 bridgehead atoms. The first-order valence-corrected chi connectivity index (χ1v) is 7.51. The molecule has 0 aliphatic heterocycles. The van der Waals surface area contributed by atoms with Crippen molar-refractivity contribution in [2.75, 3.05) is 0 Å².